The van der Waals surface area contributed by atoms with Gasteiger partial charge in [0.1, 0.15) is 5.56 Å². The van der Waals surface area contributed by atoms with Gasteiger partial charge in [0.25, 0.3) is 5.91 Å². The Balaban J connectivity index is 1.65. The molecule has 1 N–H and O–H groups in total. The molecule has 1 amide bonds. The fraction of sp³-hybridized carbons (Fsp3) is 0.0909. The summed E-state index contributed by atoms with van der Waals surface area (Å²) in [6.45, 7) is 3.82. The predicted octanol–water partition coefficient (Wildman–Crippen LogP) is 4.14. The van der Waals surface area contributed by atoms with Crippen LogP contribution < -0.4 is 5.32 Å². The summed E-state index contributed by atoms with van der Waals surface area (Å²) in [5.41, 5.74) is 5.79. The molecule has 0 atom stereocenters. The number of nitrogens with zero attached hydrogens (tertiary/aromatic N) is 4. The number of hydrogen-bond donors (Lipinski definition) is 1. The molecule has 0 spiro atoms. The summed E-state index contributed by atoms with van der Waals surface area (Å²) in [4.78, 5) is 17.3. The smallest absolute Gasteiger partial charge is 0.261 e. The van der Waals surface area contributed by atoms with Gasteiger partial charge in [0.15, 0.2) is 5.65 Å². The van der Waals surface area contributed by atoms with Crippen molar-refractivity contribution in [3.8, 4) is 17.2 Å². The number of carbonyl (C=O) groups excluding carboxylic acids is 1. The monoisotopic (exact) mass is 367 g/mol. The summed E-state index contributed by atoms with van der Waals surface area (Å²) in [7, 11) is 0. The summed E-state index contributed by atoms with van der Waals surface area (Å²) in [5.74, 6) is -0.268. The minimum absolute atomic E-state index is 0.268. The van der Waals surface area contributed by atoms with Crippen LogP contribution in [-0.2, 0) is 0 Å². The van der Waals surface area contributed by atoms with E-state index in [0.29, 0.717) is 22.5 Å². The predicted molar refractivity (Wildman–Crippen MR) is 107 cm³/mol. The molecule has 0 bridgehead atoms. The van der Waals surface area contributed by atoms with Gasteiger partial charge in [-0.15, -0.1) is 0 Å². The van der Waals surface area contributed by atoms with Crippen molar-refractivity contribution in [1.29, 1.82) is 5.26 Å². The maximum Gasteiger partial charge on any atom is 0.261 e. The molecule has 0 aliphatic heterocycles. The molecular formula is C22H17N5O. The molecule has 0 unspecified atom stereocenters. The van der Waals surface area contributed by atoms with E-state index in [-0.39, 0.29) is 5.91 Å². The summed E-state index contributed by atoms with van der Waals surface area (Å²) in [6, 6.07) is 18.9. The van der Waals surface area contributed by atoms with Crippen molar-refractivity contribution < 1.29 is 4.79 Å². The van der Waals surface area contributed by atoms with Crippen LogP contribution in [0.5, 0.6) is 0 Å². The van der Waals surface area contributed by atoms with Crippen LogP contribution in [0, 0.1) is 25.2 Å². The Morgan fingerprint density at radius 3 is 2.61 bits per heavy atom. The lowest BCUT2D eigenvalue weighted by molar-refractivity contribution is 0.102. The number of benzene rings is 2. The highest BCUT2D eigenvalue weighted by Gasteiger charge is 2.16. The molecule has 4 rings (SSSR count). The number of amides is 1. The lowest BCUT2D eigenvalue weighted by Gasteiger charge is -2.08. The standard InChI is InChI=1S/C22H17N5O/c1-14-9-15(2)27-21(25-14)20(13-24-27)22(28)26-19-8-4-7-18(11-19)17-6-3-5-16(10-17)12-23/h3-11,13H,1-2H3,(H,26,28). The molecule has 28 heavy (non-hydrogen) atoms. The summed E-state index contributed by atoms with van der Waals surface area (Å²) in [5, 5.41) is 16.3. The highest BCUT2D eigenvalue weighted by atomic mass is 16.1. The van der Waals surface area contributed by atoms with Gasteiger partial charge in [-0.25, -0.2) is 9.50 Å². The van der Waals surface area contributed by atoms with Crippen LogP contribution in [0.1, 0.15) is 27.3 Å². The van der Waals surface area contributed by atoms with E-state index in [0.717, 1.165) is 22.5 Å². The molecule has 4 aromatic rings. The van der Waals surface area contributed by atoms with Crippen LogP contribution in [0.25, 0.3) is 16.8 Å². The van der Waals surface area contributed by atoms with Gasteiger partial charge in [0.05, 0.1) is 17.8 Å². The third-order valence-corrected chi connectivity index (χ3v) is 4.47. The summed E-state index contributed by atoms with van der Waals surface area (Å²) in [6.07, 6.45) is 1.53. The highest BCUT2D eigenvalue weighted by molar-refractivity contribution is 6.08. The van der Waals surface area contributed by atoms with Crippen molar-refractivity contribution in [2.75, 3.05) is 5.32 Å². The lowest BCUT2D eigenvalue weighted by Crippen LogP contribution is -2.12. The first-order chi connectivity index (χ1) is 13.5. The van der Waals surface area contributed by atoms with Gasteiger partial charge in [-0.05, 0) is 55.3 Å². The van der Waals surface area contributed by atoms with Gasteiger partial charge in [-0.1, -0.05) is 24.3 Å². The number of carbonyl (C=O) groups is 1. The Hall–Kier alpha value is -3.98. The molecule has 0 aliphatic carbocycles. The zero-order valence-corrected chi connectivity index (χ0v) is 15.5. The number of nitrogens with one attached hydrogen (secondary N) is 1. The molecule has 0 saturated heterocycles. The Morgan fingerprint density at radius 2 is 1.82 bits per heavy atom. The largest absolute Gasteiger partial charge is 0.322 e. The second-order valence-corrected chi connectivity index (χ2v) is 6.56. The van der Waals surface area contributed by atoms with Crippen molar-refractivity contribution in [2.45, 2.75) is 13.8 Å². The second kappa shape index (κ2) is 6.97. The average molecular weight is 367 g/mol. The van der Waals surface area contributed by atoms with Crippen molar-refractivity contribution >= 4 is 17.2 Å². The Morgan fingerprint density at radius 1 is 1.07 bits per heavy atom. The topological polar surface area (TPSA) is 83.1 Å². The fourth-order valence-electron chi connectivity index (χ4n) is 3.17. The highest BCUT2D eigenvalue weighted by Crippen LogP contribution is 2.24. The van der Waals surface area contributed by atoms with Crippen LogP contribution >= 0.6 is 0 Å². The van der Waals surface area contributed by atoms with Gasteiger partial charge < -0.3 is 5.32 Å². The maximum absolute atomic E-state index is 12.8. The van der Waals surface area contributed by atoms with Gasteiger partial charge in [0.2, 0.25) is 0 Å². The average Bonchev–Trinajstić information content (AvgIpc) is 3.12. The number of aryl methyl sites for hydroxylation is 2. The van der Waals surface area contributed by atoms with E-state index in [4.69, 9.17) is 5.26 Å². The first-order valence-corrected chi connectivity index (χ1v) is 8.79. The molecule has 0 fully saturated rings. The molecule has 2 aromatic heterocycles. The summed E-state index contributed by atoms with van der Waals surface area (Å²) < 4.78 is 1.66. The minimum atomic E-state index is -0.268. The third kappa shape index (κ3) is 3.21. The Bertz CT molecular complexity index is 1250. The van der Waals surface area contributed by atoms with Crippen LogP contribution in [0.3, 0.4) is 0 Å². The van der Waals surface area contributed by atoms with Crippen LogP contribution in [0.15, 0.2) is 60.8 Å². The van der Waals surface area contributed by atoms with E-state index in [1.54, 1.807) is 10.6 Å². The van der Waals surface area contributed by atoms with Crippen LogP contribution in [0.2, 0.25) is 0 Å². The van der Waals surface area contributed by atoms with E-state index in [2.05, 4.69) is 21.5 Å². The zero-order valence-electron chi connectivity index (χ0n) is 15.5. The molecule has 2 heterocycles. The maximum atomic E-state index is 12.8. The summed E-state index contributed by atoms with van der Waals surface area (Å²) >= 11 is 0. The molecule has 2 aromatic carbocycles. The van der Waals surface area contributed by atoms with E-state index < -0.39 is 0 Å². The van der Waals surface area contributed by atoms with Crippen molar-refractivity contribution in [3.05, 3.63) is 83.3 Å². The number of nitriles is 1. The lowest BCUT2D eigenvalue weighted by atomic mass is 10.0. The molecule has 0 aliphatic rings. The number of rotatable bonds is 3. The first kappa shape index (κ1) is 17.4. The van der Waals surface area contributed by atoms with E-state index in [9.17, 15) is 4.79 Å². The SMILES string of the molecule is Cc1cc(C)n2ncc(C(=O)Nc3cccc(-c4cccc(C#N)c4)c3)c2n1. The quantitative estimate of drug-likeness (QED) is 0.590. The number of aromatic nitrogens is 3. The van der Waals surface area contributed by atoms with E-state index in [1.165, 1.54) is 6.20 Å². The van der Waals surface area contributed by atoms with Crippen molar-refractivity contribution in [1.82, 2.24) is 14.6 Å². The number of anilines is 1. The minimum Gasteiger partial charge on any atom is -0.322 e. The van der Waals surface area contributed by atoms with Gasteiger partial charge in [-0.3, -0.25) is 4.79 Å². The second-order valence-electron chi connectivity index (χ2n) is 6.56. The number of fused-ring (bicyclic) bond motifs is 1. The van der Waals surface area contributed by atoms with Crippen LogP contribution in [0.4, 0.5) is 5.69 Å². The van der Waals surface area contributed by atoms with Crippen molar-refractivity contribution in [2.24, 2.45) is 0 Å². The molecule has 6 heteroatoms. The van der Waals surface area contributed by atoms with Crippen molar-refractivity contribution in [3.63, 3.8) is 0 Å². The zero-order chi connectivity index (χ0) is 19.7. The van der Waals surface area contributed by atoms with Crippen LogP contribution in [-0.4, -0.2) is 20.5 Å². The van der Waals surface area contributed by atoms with Gasteiger partial charge in [-0.2, -0.15) is 10.4 Å². The molecule has 0 radical (unpaired) electrons. The third-order valence-electron chi connectivity index (χ3n) is 4.47. The van der Waals surface area contributed by atoms with Gasteiger partial charge in [0, 0.05) is 17.1 Å². The Labute approximate surface area is 162 Å². The molecule has 0 saturated carbocycles. The van der Waals surface area contributed by atoms with Gasteiger partial charge >= 0.3 is 0 Å². The number of hydrogen-bond acceptors (Lipinski definition) is 4. The molecular weight excluding hydrogens is 350 g/mol. The van der Waals surface area contributed by atoms with E-state index in [1.807, 2.05) is 62.4 Å². The van der Waals surface area contributed by atoms with E-state index >= 15 is 0 Å². The molecule has 6 nitrogen and oxygen atoms in total. The first-order valence-electron chi connectivity index (χ1n) is 8.79. The normalized spacial score (nSPS) is 10.6. The molecule has 136 valence electrons. The fourth-order valence-corrected chi connectivity index (χ4v) is 3.17. The Kier molecular flexibility index (Phi) is 4.34.